The van der Waals surface area contributed by atoms with E-state index in [2.05, 4.69) is 41.5 Å². The Morgan fingerprint density at radius 2 is 1.40 bits per heavy atom. The number of phenolic OH excluding ortho intramolecular Hbond substituents is 1. The van der Waals surface area contributed by atoms with Gasteiger partial charge in [-0.3, -0.25) is 0 Å². The second kappa shape index (κ2) is 5.95. The highest BCUT2D eigenvalue weighted by Crippen LogP contribution is 2.39. The molecule has 0 spiro atoms. The number of rotatable bonds is 3. The van der Waals surface area contributed by atoms with Crippen LogP contribution in [0.3, 0.4) is 0 Å². The topological polar surface area (TPSA) is 40.5 Å². The Kier molecular flexibility index (Phi) is 5.15. The summed E-state index contributed by atoms with van der Waals surface area (Å²) in [5.41, 5.74) is 2.56. The van der Waals surface area contributed by atoms with E-state index in [1.165, 1.54) is 0 Å². The van der Waals surface area contributed by atoms with Gasteiger partial charge >= 0.3 is 0 Å². The van der Waals surface area contributed by atoms with Gasteiger partial charge in [-0.2, -0.15) is 0 Å². The molecule has 0 saturated carbocycles. The van der Waals surface area contributed by atoms with Crippen molar-refractivity contribution in [1.82, 2.24) is 0 Å². The average Bonchev–Trinajstić information content (AvgIpc) is 2.28. The molecular formula is C17H27ClO2. The number of aliphatic hydroxyl groups is 1. The molecule has 0 aliphatic carbocycles. The Bertz CT molecular complexity index is 432. The predicted molar refractivity (Wildman–Crippen MR) is 85.9 cm³/mol. The zero-order valence-corrected chi connectivity index (χ0v) is 14.2. The minimum atomic E-state index is -0.554. The zero-order chi connectivity index (χ0) is 15.7. The molecule has 1 rings (SSSR count). The minimum Gasteiger partial charge on any atom is -0.507 e. The summed E-state index contributed by atoms with van der Waals surface area (Å²) in [5.74, 6) is 0.588. The van der Waals surface area contributed by atoms with Gasteiger partial charge in [0.1, 0.15) is 5.75 Å². The molecule has 0 bridgehead atoms. The molecule has 1 atom stereocenters. The fourth-order valence-corrected chi connectivity index (χ4v) is 2.39. The molecular weight excluding hydrogens is 272 g/mol. The van der Waals surface area contributed by atoms with Crippen LogP contribution in [-0.2, 0) is 17.3 Å². The summed E-state index contributed by atoms with van der Waals surface area (Å²) in [4.78, 5) is 0. The average molecular weight is 299 g/mol. The van der Waals surface area contributed by atoms with E-state index in [0.29, 0.717) is 12.2 Å². The van der Waals surface area contributed by atoms with Gasteiger partial charge in [0.25, 0.3) is 0 Å². The van der Waals surface area contributed by atoms with E-state index >= 15 is 0 Å². The third-order valence-corrected chi connectivity index (χ3v) is 3.79. The predicted octanol–water partition coefficient (Wildman–Crippen LogP) is 4.13. The second-order valence-corrected chi connectivity index (χ2v) is 7.86. The summed E-state index contributed by atoms with van der Waals surface area (Å²) < 4.78 is 0. The Balaban J connectivity index is 3.42. The normalized spacial score (nSPS) is 14.4. The van der Waals surface area contributed by atoms with Gasteiger partial charge in [-0.05, 0) is 33.9 Å². The summed E-state index contributed by atoms with van der Waals surface area (Å²) in [6, 6.07) is 3.97. The highest BCUT2D eigenvalue weighted by atomic mass is 35.5. The molecule has 20 heavy (non-hydrogen) atoms. The number of benzene rings is 1. The van der Waals surface area contributed by atoms with Crippen LogP contribution in [0.2, 0.25) is 0 Å². The molecule has 0 aliphatic rings. The van der Waals surface area contributed by atoms with Crippen molar-refractivity contribution in [1.29, 1.82) is 0 Å². The standard InChI is InChI=1S/C17H27ClO2/c1-16(2,3)13-8-11(7-12(19)10-18)9-14(15(13)20)17(4,5)6/h8-9,12,19-20H,7,10H2,1-6H3/t12-/m0/s1. The number of alkyl halides is 1. The molecule has 3 heteroatoms. The van der Waals surface area contributed by atoms with Crippen LogP contribution in [0.15, 0.2) is 12.1 Å². The first-order valence-electron chi connectivity index (χ1n) is 7.07. The maximum absolute atomic E-state index is 10.6. The Labute approximate surface area is 127 Å². The number of phenols is 1. The van der Waals surface area contributed by atoms with Crippen LogP contribution in [0, 0.1) is 0 Å². The van der Waals surface area contributed by atoms with E-state index in [4.69, 9.17) is 11.6 Å². The summed E-state index contributed by atoms with van der Waals surface area (Å²) in [6.07, 6.45) is -0.0440. The van der Waals surface area contributed by atoms with Crippen molar-refractivity contribution in [2.45, 2.75) is 64.9 Å². The third-order valence-electron chi connectivity index (χ3n) is 3.44. The summed E-state index contributed by atoms with van der Waals surface area (Å²) in [7, 11) is 0. The molecule has 0 radical (unpaired) electrons. The Morgan fingerprint density at radius 3 is 1.70 bits per heavy atom. The fourth-order valence-electron chi connectivity index (χ4n) is 2.28. The smallest absolute Gasteiger partial charge is 0.123 e. The van der Waals surface area contributed by atoms with E-state index < -0.39 is 6.10 Å². The third kappa shape index (κ3) is 4.13. The van der Waals surface area contributed by atoms with Gasteiger partial charge in [0.2, 0.25) is 0 Å². The van der Waals surface area contributed by atoms with Crippen LogP contribution in [0.1, 0.15) is 58.2 Å². The van der Waals surface area contributed by atoms with Gasteiger partial charge in [0, 0.05) is 5.88 Å². The lowest BCUT2D eigenvalue weighted by molar-refractivity contribution is 0.198. The maximum atomic E-state index is 10.6. The van der Waals surface area contributed by atoms with Crippen molar-refractivity contribution >= 4 is 11.6 Å². The number of hydrogen-bond acceptors (Lipinski definition) is 2. The lowest BCUT2D eigenvalue weighted by Gasteiger charge is -2.28. The molecule has 0 heterocycles. The van der Waals surface area contributed by atoms with E-state index in [9.17, 15) is 10.2 Å². The number of hydrogen-bond donors (Lipinski definition) is 2. The summed E-state index contributed by atoms with van der Waals surface area (Å²) in [6.45, 7) is 12.5. The molecule has 0 saturated heterocycles. The molecule has 0 aromatic heterocycles. The second-order valence-electron chi connectivity index (χ2n) is 7.55. The highest BCUT2D eigenvalue weighted by Gasteiger charge is 2.26. The molecule has 2 nitrogen and oxygen atoms in total. The first kappa shape index (κ1) is 17.3. The van der Waals surface area contributed by atoms with Crippen molar-refractivity contribution in [3.05, 3.63) is 28.8 Å². The van der Waals surface area contributed by atoms with E-state index in [1.807, 2.05) is 12.1 Å². The van der Waals surface area contributed by atoms with Crippen molar-refractivity contribution in [2.24, 2.45) is 0 Å². The van der Waals surface area contributed by atoms with Crippen LogP contribution < -0.4 is 0 Å². The van der Waals surface area contributed by atoms with Gasteiger partial charge in [0.15, 0.2) is 0 Å². The molecule has 2 N–H and O–H groups in total. The summed E-state index contributed by atoms with van der Waals surface area (Å²) in [5, 5.41) is 20.4. The fraction of sp³-hybridized carbons (Fsp3) is 0.647. The van der Waals surface area contributed by atoms with Gasteiger partial charge in [-0.15, -0.1) is 11.6 Å². The molecule has 1 aromatic carbocycles. The molecule has 0 unspecified atom stereocenters. The van der Waals surface area contributed by atoms with Crippen molar-refractivity contribution in [2.75, 3.05) is 5.88 Å². The number of aromatic hydroxyl groups is 1. The minimum absolute atomic E-state index is 0.147. The first-order valence-corrected chi connectivity index (χ1v) is 7.61. The SMILES string of the molecule is CC(C)(C)c1cc(C[C@H](O)CCl)cc(C(C)(C)C)c1O. The van der Waals surface area contributed by atoms with Crippen LogP contribution in [0.5, 0.6) is 5.75 Å². The van der Waals surface area contributed by atoms with Gasteiger partial charge in [-0.1, -0.05) is 53.7 Å². The van der Waals surface area contributed by atoms with Crippen LogP contribution in [0.4, 0.5) is 0 Å². The monoisotopic (exact) mass is 298 g/mol. The largest absolute Gasteiger partial charge is 0.507 e. The van der Waals surface area contributed by atoms with Crippen LogP contribution in [-0.4, -0.2) is 22.2 Å². The molecule has 0 amide bonds. The molecule has 0 fully saturated rings. The Hall–Kier alpha value is -0.730. The van der Waals surface area contributed by atoms with E-state index in [-0.39, 0.29) is 16.7 Å². The highest BCUT2D eigenvalue weighted by molar-refractivity contribution is 6.18. The van der Waals surface area contributed by atoms with E-state index in [0.717, 1.165) is 16.7 Å². The van der Waals surface area contributed by atoms with Gasteiger partial charge in [0.05, 0.1) is 6.10 Å². The van der Waals surface area contributed by atoms with Crippen LogP contribution in [0.25, 0.3) is 0 Å². The van der Waals surface area contributed by atoms with E-state index in [1.54, 1.807) is 0 Å². The Morgan fingerprint density at radius 1 is 1.00 bits per heavy atom. The van der Waals surface area contributed by atoms with Crippen molar-refractivity contribution < 1.29 is 10.2 Å². The van der Waals surface area contributed by atoms with Crippen molar-refractivity contribution in [3.8, 4) is 5.75 Å². The molecule has 0 aliphatic heterocycles. The first-order chi connectivity index (χ1) is 8.96. The van der Waals surface area contributed by atoms with Crippen LogP contribution >= 0.6 is 11.6 Å². The summed E-state index contributed by atoms with van der Waals surface area (Å²) >= 11 is 5.69. The zero-order valence-electron chi connectivity index (χ0n) is 13.4. The van der Waals surface area contributed by atoms with Gasteiger partial charge < -0.3 is 10.2 Å². The van der Waals surface area contributed by atoms with Gasteiger partial charge in [-0.25, -0.2) is 0 Å². The molecule has 1 aromatic rings. The maximum Gasteiger partial charge on any atom is 0.123 e. The lowest BCUT2D eigenvalue weighted by Crippen LogP contribution is -2.19. The number of aliphatic hydroxyl groups excluding tert-OH is 1. The number of halogens is 1. The molecule has 114 valence electrons. The lowest BCUT2D eigenvalue weighted by atomic mass is 9.78. The quantitative estimate of drug-likeness (QED) is 0.824. The van der Waals surface area contributed by atoms with Crippen molar-refractivity contribution in [3.63, 3.8) is 0 Å².